The first-order valence-corrected chi connectivity index (χ1v) is 10.4. The van der Waals surface area contributed by atoms with Gasteiger partial charge in [0.25, 0.3) is 5.91 Å². The molecule has 2 amide bonds. The molecular formula is C19H15F3N4O3S2. The van der Waals surface area contributed by atoms with E-state index in [0.717, 1.165) is 35.2 Å². The van der Waals surface area contributed by atoms with Crippen molar-refractivity contribution in [1.29, 1.82) is 0 Å². The van der Waals surface area contributed by atoms with Gasteiger partial charge in [0.1, 0.15) is 5.75 Å². The van der Waals surface area contributed by atoms with Crippen molar-refractivity contribution < 1.29 is 27.5 Å². The summed E-state index contributed by atoms with van der Waals surface area (Å²) >= 11 is 2.11. The average molecular weight is 468 g/mol. The van der Waals surface area contributed by atoms with Gasteiger partial charge in [0.05, 0.1) is 24.0 Å². The van der Waals surface area contributed by atoms with Gasteiger partial charge in [0.15, 0.2) is 4.34 Å². The largest absolute Gasteiger partial charge is 0.496 e. The molecule has 1 heterocycles. The van der Waals surface area contributed by atoms with Gasteiger partial charge in [-0.05, 0) is 30.3 Å². The Kier molecular flexibility index (Phi) is 7.13. The van der Waals surface area contributed by atoms with E-state index >= 15 is 0 Å². The summed E-state index contributed by atoms with van der Waals surface area (Å²) in [5.74, 6) is -0.609. The second-order valence-electron chi connectivity index (χ2n) is 5.94. The number of para-hydroxylation sites is 1. The van der Waals surface area contributed by atoms with Crippen LogP contribution in [0.25, 0.3) is 0 Å². The molecule has 0 atom stereocenters. The number of aromatic nitrogens is 2. The van der Waals surface area contributed by atoms with Crippen LogP contribution in [0.15, 0.2) is 52.9 Å². The second-order valence-corrected chi connectivity index (χ2v) is 8.14. The van der Waals surface area contributed by atoms with Gasteiger partial charge in [-0.1, -0.05) is 41.3 Å². The number of anilines is 2. The van der Waals surface area contributed by atoms with Crippen LogP contribution < -0.4 is 15.4 Å². The number of hydrogen-bond donors (Lipinski definition) is 2. The summed E-state index contributed by atoms with van der Waals surface area (Å²) in [6, 6.07) is 11.1. The summed E-state index contributed by atoms with van der Waals surface area (Å²) in [6.45, 7) is 0. The van der Waals surface area contributed by atoms with Crippen molar-refractivity contribution in [2.24, 2.45) is 0 Å². The van der Waals surface area contributed by atoms with Crippen molar-refractivity contribution in [3.8, 4) is 5.75 Å². The molecule has 7 nitrogen and oxygen atoms in total. The number of methoxy groups -OCH3 is 1. The topological polar surface area (TPSA) is 93.2 Å². The minimum absolute atomic E-state index is 0.0439. The van der Waals surface area contributed by atoms with Crippen LogP contribution in [0.4, 0.5) is 24.0 Å². The third-order valence-electron chi connectivity index (χ3n) is 3.78. The number of hydrogen-bond acceptors (Lipinski definition) is 7. The third kappa shape index (κ3) is 6.18. The molecule has 0 aliphatic heterocycles. The number of alkyl halides is 3. The number of ether oxygens (including phenoxy) is 1. The minimum Gasteiger partial charge on any atom is -0.496 e. The maximum Gasteiger partial charge on any atom is 0.416 e. The number of thioether (sulfide) groups is 1. The molecule has 0 unspecified atom stereocenters. The van der Waals surface area contributed by atoms with Gasteiger partial charge in [-0.25, -0.2) is 0 Å². The van der Waals surface area contributed by atoms with Crippen LogP contribution in [-0.4, -0.2) is 34.9 Å². The minimum atomic E-state index is -4.49. The van der Waals surface area contributed by atoms with Crippen LogP contribution in [0.1, 0.15) is 15.9 Å². The monoisotopic (exact) mass is 468 g/mol. The molecule has 0 aliphatic rings. The first kappa shape index (κ1) is 22.6. The molecule has 31 heavy (non-hydrogen) atoms. The quantitative estimate of drug-likeness (QED) is 0.390. The van der Waals surface area contributed by atoms with E-state index in [2.05, 4.69) is 20.8 Å². The first-order valence-electron chi connectivity index (χ1n) is 8.64. The number of amides is 2. The van der Waals surface area contributed by atoms with Crippen LogP contribution in [0.5, 0.6) is 5.75 Å². The number of nitrogens with one attached hydrogen (secondary N) is 2. The van der Waals surface area contributed by atoms with Gasteiger partial charge >= 0.3 is 6.18 Å². The summed E-state index contributed by atoms with van der Waals surface area (Å²) < 4.78 is 43.8. The Hall–Kier alpha value is -3.12. The standard InChI is InChI=1S/C19H15F3N4O3S2/c1-29-14-8-3-2-7-13(14)16(28)24-17-25-26-18(31-17)30-10-15(27)23-12-6-4-5-11(9-12)19(20,21)22/h2-9H,10H2,1H3,(H,23,27)(H,24,25,28). The lowest BCUT2D eigenvalue weighted by atomic mass is 10.2. The Bertz CT molecular complexity index is 1090. The van der Waals surface area contributed by atoms with Crippen LogP contribution >= 0.6 is 23.1 Å². The fourth-order valence-electron chi connectivity index (χ4n) is 2.41. The van der Waals surface area contributed by atoms with Gasteiger partial charge in [-0.3, -0.25) is 14.9 Å². The van der Waals surface area contributed by atoms with E-state index in [1.54, 1.807) is 24.3 Å². The summed E-state index contributed by atoms with van der Waals surface area (Å²) in [4.78, 5) is 24.4. The highest BCUT2D eigenvalue weighted by Crippen LogP contribution is 2.31. The highest BCUT2D eigenvalue weighted by atomic mass is 32.2. The number of nitrogens with zero attached hydrogens (tertiary/aromatic N) is 2. The molecule has 0 bridgehead atoms. The van der Waals surface area contributed by atoms with Crippen LogP contribution in [0.2, 0.25) is 0 Å². The molecule has 12 heteroatoms. The Morgan fingerprint density at radius 3 is 2.61 bits per heavy atom. The van der Waals surface area contributed by atoms with E-state index in [0.29, 0.717) is 15.7 Å². The van der Waals surface area contributed by atoms with E-state index in [9.17, 15) is 22.8 Å². The zero-order chi connectivity index (χ0) is 22.4. The van der Waals surface area contributed by atoms with Gasteiger partial charge in [0.2, 0.25) is 11.0 Å². The molecule has 2 N–H and O–H groups in total. The fourth-order valence-corrected chi connectivity index (χ4v) is 3.96. The van der Waals surface area contributed by atoms with Gasteiger partial charge in [-0.2, -0.15) is 13.2 Å². The SMILES string of the molecule is COc1ccccc1C(=O)Nc1nnc(SCC(=O)Nc2cccc(C(F)(F)F)c2)s1. The van der Waals surface area contributed by atoms with Crippen LogP contribution in [0.3, 0.4) is 0 Å². The highest BCUT2D eigenvalue weighted by Gasteiger charge is 2.30. The molecule has 0 saturated heterocycles. The van der Waals surface area contributed by atoms with E-state index in [-0.39, 0.29) is 16.6 Å². The lowest BCUT2D eigenvalue weighted by Gasteiger charge is -2.09. The zero-order valence-electron chi connectivity index (χ0n) is 15.9. The smallest absolute Gasteiger partial charge is 0.416 e. The molecule has 0 fully saturated rings. The molecule has 3 rings (SSSR count). The van der Waals surface area contributed by atoms with Crippen molar-refractivity contribution in [1.82, 2.24) is 10.2 Å². The highest BCUT2D eigenvalue weighted by molar-refractivity contribution is 8.01. The number of benzene rings is 2. The molecule has 0 aliphatic carbocycles. The first-order chi connectivity index (χ1) is 14.8. The molecule has 162 valence electrons. The molecule has 0 saturated carbocycles. The van der Waals surface area contributed by atoms with Crippen molar-refractivity contribution in [2.75, 3.05) is 23.5 Å². The predicted octanol–water partition coefficient (Wildman–Crippen LogP) is 4.55. The Morgan fingerprint density at radius 2 is 1.87 bits per heavy atom. The molecule has 0 radical (unpaired) electrons. The Balaban J connectivity index is 1.54. The predicted molar refractivity (Wildman–Crippen MR) is 112 cm³/mol. The number of halogens is 3. The van der Waals surface area contributed by atoms with Crippen molar-refractivity contribution in [2.45, 2.75) is 10.5 Å². The number of rotatable bonds is 7. The van der Waals surface area contributed by atoms with Crippen molar-refractivity contribution >= 4 is 45.7 Å². The Morgan fingerprint density at radius 1 is 1.10 bits per heavy atom. The zero-order valence-corrected chi connectivity index (χ0v) is 17.5. The summed E-state index contributed by atoms with van der Waals surface area (Å²) in [5, 5.41) is 13.0. The fraction of sp³-hybridized carbons (Fsp3) is 0.158. The lowest BCUT2D eigenvalue weighted by Crippen LogP contribution is -2.15. The third-order valence-corrected chi connectivity index (χ3v) is 5.75. The molecule has 0 spiro atoms. The maximum atomic E-state index is 12.8. The van der Waals surface area contributed by atoms with Gasteiger partial charge < -0.3 is 10.1 Å². The molecular weight excluding hydrogens is 453 g/mol. The summed E-state index contributed by atoms with van der Waals surface area (Å²) in [5.41, 5.74) is -0.477. The van der Waals surface area contributed by atoms with Gasteiger partial charge in [0, 0.05) is 5.69 Å². The normalized spacial score (nSPS) is 11.1. The van der Waals surface area contributed by atoms with E-state index in [4.69, 9.17) is 4.74 Å². The number of carbonyl (C=O) groups excluding carboxylic acids is 2. The molecule has 3 aromatic rings. The lowest BCUT2D eigenvalue weighted by molar-refractivity contribution is -0.137. The summed E-state index contributed by atoms with van der Waals surface area (Å²) in [6.07, 6.45) is -4.49. The number of carbonyl (C=O) groups is 2. The summed E-state index contributed by atoms with van der Waals surface area (Å²) in [7, 11) is 1.45. The van der Waals surface area contributed by atoms with Crippen LogP contribution in [-0.2, 0) is 11.0 Å². The maximum absolute atomic E-state index is 12.8. The van der Waals surface area contributed by atoms with E-state index < -0.39 is 23.6 Å². The van der Waals surface area contributed by atoms with Crippen molar-refractivity contribution in [3.63, 3.8) is 0 Å². The van der Waals surface area contributed by atoms with Crippen LogP contribution in [0, 0.1) is 0 Å². The van der Waals surface area contributed by atoms with E-state index in [1.165, 1.54) is 19.2 Å². The van der Waals surface area contributed by atoms with Gasteiger partial charge in [-0.15, -0.1) is 10.2 Å². The Labute approximate surface area is 183 Å². The van der Waals surface area contributed by atoms with E-state index in [1.807, 2.05) is 0 Å². The van der Waals surface area contributed by atoms with Crippen molar-refractivity contribution in [3.05, 3.63) is 59.7 Å². The molecule has 1 aromatic heterocycles. The molecule has 2 aromatic carbocycles. The average Bonchev–Trinajstić information content (AvgIpc) is 3.19. The second kappa shape index (κ2) is 9.79.